The number of nitrogens with one attached hydrogen (secondary N) is 1. The van der Waals surface area contributed by atoms with Crippen LogP contribution in [0.5, 0.6) is 0 Å². The van der Waals surface area contributed by atoms with Crippen LogP contribution in [0.1, 0.15) is 34.8 Å². The van der Waals surface area contributed by atoms with Gasteiger partial charge >= 0.3 is 0 Å². The minimum atomic E-state index is -0.107. The Morgan fingerprint density at radius 2 is 1.93 bits per heavy atom. The van der Waals surface area contributed by atoms with Gasteiger partial charge in [0.25, 0.3) is 5.91 Å². The van der Waals surface area contributed by atoms with Gasteiger partial charge in [0.1, 0.15) is 6.54 Å². The number of nitrogens with zero attached hydrogens (tertiary/aromatic N) is 3. The second kappa shape index (κ2) is 8.31. The van der Waals surface area contributed by atoms with E-state index in [0.717, 1.165) is 30.5 Å². The van der Waals surface area contributed by atoms with Crippen molar-refractivity contribution in [3.63, 3.8) is 0 Å². The van der Waals surface area contributed by atoms with Crippen molar-refractivity contribution in [1.82, 2.24) is 20.0 Å². The molecule has 4 rings (SSSR count). The first kappa shape index (κ1) is 18.9. The van der Waals surface area contributed by atoms with E-state index in [4.69, 9.17) is 0 Å². The zero-order valence-corrected chi connectivity index (χ0v) is 16.4. The van der Waals surface area contributed by atoms with Gasteiger partial charge in [-0.25, -0.2) is 0 Å². The van der Waals surface area contributed by atoms with Crippen molar-refractivity contribution in [2.75, 3.05) is 13.6 Å². The molecule has 0 unspecified atom stereocenters. The zero-order chi connectivity index (χ0) is 20.2. The maximum absolute atomic E-state index is 13.3. The quantitative estimate of drug-likeness (QED) is 0.729. The van der Waals surface area contributed by atoms with Gasteiger partial charge in [-0.05, 0) is 36.1 Å². The predicted molar refractivity (Wildman–Crippen MR) is 111 cm³/mol. The standard InChI is InChI=1S/C23H24N4O2/c1-24-22(28)16-26-15-20(14-25-26)18-9-5-10-19(13-18)23(29)27-12-6-11-21(27)17-7-3-2-4-8-17/h2-5,7-10,13-15,21H,6,11-12,16H2,1H3,(H,24,28)/t21-/m1/s1. The molecule has 2 heterocycles. The van der Waals surface area contributed by atoms with Crippen LogP contribution in [0.25, 0.3) is 11.1 Å². The van der Waals surface area contributed by atoms with E-state index in [1.54, 1.807) is 17.9 Å². The molecule has 2 aromatic carbocycles. The third-order valence-electron chi connectivity index (χ3n) is 5.36. The number of hydrogen-bond acceptors (Lipinski definition) is 3. The molecule has 6 heteroatoms. The summed E-state index contributed by atoms with van der Waals surface area (Å²) in [5.74, 6) is -0.0551. The molecule has 0 bridgehead atoms. The Hall–Kier alpha value is -3.41. The normalized spacial score (nSPS) is 16.0. The molecule has 1 N–H and O–H groups in total. The van der Waals surface area contributed by atoms with Crippen LogP contribution < -0.4 is 5.32 Å². The fourth-order valence-electron chi connectivity index (χ4n) is 3.85. The summed E-state index contributed by atoms with van der Waals surface area (Å²) < 4.78 is 1.59. The molecule has 29 heavy (non-hydrogen) atoms. The van der Waals surface area contributed by atoms with Gasteiger partial charge in [0.05, 0.1) is 12.2 Å². The molecular formula is C23H24N4O2. The number of likely N-dealkylation sites (N-methyl/N-ethyl adjacent to an activating group) is 1. The number of benzene rings is 2. The van der Waals surface area contributed by atoms with E-state index in [9.17, 15) is 9.59 Å². The van der Waals surface area contributed by atoms with Gasteiger partial charge in [0.2, 0.25) is 5.91 Å². The summed E-state index contributed by atoms with van der Waals surface area (Å²) in [7, 11) is 1.60. The van der Waals surface area contributed by atoms with Crippen molar-refractivity contribution in [2.45, 2.75) is 25.4 Å². The van der Waals surface area contributed by atoms with Crippen molar-refractivity contribution >= 4 is 11.8 Å². The molecule has 1 saturated heterocycles. The molecule has 1 fully saturated rings. The first-order valence-electron chi connectivity index (χ1n) is 9.85. The number of rotatable bonds is 5. The molecular weight excluding hydrogens is 364 g/mol. The van der Waals surface area contributed by atoms with E-state index in [-0.39, 0.29) is 24.4 Å². The van der Waals surface area contributed by atoms with E-state index in [1.165, 1.54) is 5.56 Å². The molecule has 0 radical (unpaired) electrons. The second-order valence-electron chi connectivity index (χ2n) is 7.25. The van der Waals surface area contributed by atoms with Crippen LogP contribution in [-0.2, 0) is 11.3 Å². The van der Waals surface area contributed by atoms with Crippen molar-refractivity contribution in [2.24, 2.45) is 0 Å². The van der Waals surface area contributed by atoms with Gasteiger partial charge in [0, 0.05) is 30.9 Å². The Morgan fingerprint density at radius 3 is 2.72 bits per heavy atom. The smallest absolute Gasteiger partial charge is 0.254 e. The van der Waals surface area contributed by atoms with Crippen LogP contribution in [0.2, 0.25) is 0 Å². The van der Waals surface area contributed by atoms with Gasteiger partial charge in [0.15, 0.2) is 0 Å². The Morgan fingerprint density at radius 1 is 1.10 bits per heavy atom. The molecule has 1 aromatic heterocycles. The number of amides is 2. The highest BCUT2D eigenvalue weighted by Gasteiger charge is 2.30. The van der Waals surface area contributed by atoms with E-state index in [0.29, 0.717) is 5.56 Å². The summed E-state index contributed by atoms with van der Waals surface area (Å²) in [6.45, 7) is 0.939. The number of aromatic nitrogens is 2. The molecule has 1 atom stereocenters. The minimum absolute atomic E-state index is 0.0518. The second-order valence-corrected chi connectivity index (χ2v) is 7.25. The van der Waals surface area contributed by atoms with Gasteiger partial charge in [-0.1, -0.05) is 42.5 Å². The predicted octanol–water partition coefficient (Wildman–Crippen LogP) is 3.27. The maximum Gasteiger partial charge on any atom is 0.254 e. The Balaban J connectivity index is 1.55. The highest BCUT2D eigenvalue weighted by Crippen LogP contribution is 2.33. The molecule has 0 spiro atoms. The zero-order valence-electron chi connectivity index (χ0n) is 16.4. The third kappa shape index (κ3) is 4.06. The summed E-state index contributed by atoms with van der Waals surface area (Å²) in [6, 6.07) is 18.0. The first-order chi connectivity index (χ1) is 14.2. The molecule has 0 saturated carbocycles. The monoisotopic (exact) mass is 388 g/mol. The Labute approximate surface area is 170 Å². The molecule has 3 aromatic rings. The van der Waals surface area contributed by atoms with Crippen LogP contribution in [0.3, 0.4) is 0 Å². The molecule has 148 valence electrons. The summed E-state index contributed by atoms with van der Waals surface area (Å²) in [4.78, 5) is 26.8. The summed E-state index contributed by atoms with van der Waals surface area (Å²) >= 11 is 0. The van der Waals surface area contributed by atoms with Crippen molar-refractivity contribution < 1.29 is 9.59 Å². The maximum atomic E-state index is 13.3. The lowest BCUT2D eigenvalue weighted by Crippen LogP contribution is -2.30. The van der Waals surface area contributed by atoms with E-state index >= 15 is 0 Å². The number of carbonyl (C=O) groups excluding carboxylic acids is 2. The first-order valence-corrected chi connectivity index (χ1v) is 9.85. The van der Waals surface area contributed by atoms with Crippen molar-refractivity contribution in [1.29, 1.82) is 0 Å². The summed E-state index contributed by atoms with van der Waals surface area (Å²) in [6.07, 6.45) is 5.54. The Kier molecular flexibility index (Phi) is 5.42. The molecule has 0 aliphatic carbocycles. The SMILES string of the molecule is CNC(=O)Cn1cc(-c2cccc(C(=O)N3CCC[C@@H]3c3ccccc3)c2)cn1. The van der Waals surface area contributed by atoms with E-state index < -0.39 is 0 Å². The van der Waals surface area contributed by atoms with Gasteiger partial charge in [-0.3, -0.25) is 14.3 Å². The van der Waals surface area contributed by atoms with Crippen molar-refractivity contribution in [3.8, 4) is 11.1 Å². The largest absolute Gasteiger partial charge is 0.358 e. The van der Waals surface area contributed by atoms with Crippen molar-refractivity contribution in [3.05, 3.63) is 78.1 Å². The average Bonchev–Trinajstić information content (AvgIpc) is 3.44. The van der Waals surface area contributed by atoms with Crippen LogP contribution in [0.15, 0.2) is 67.0 Å². The van der Waals surface area contributed by atoms with Crippen LogP contribution in [0.4, 0.5) is 0 Å². The fraction of sp³-hybridized carbons (Fsp3) is 0.261. The molecule has 1 aliphatic heterocycles. The van der Waals surface area contributed by atoms with E-state index in [1.807, 2.05) is 53.6 Å². The number of carbonyl (C=O) groups is 2. The lowest BCUT2D eigenvalue weighted by atomic mass is 10.0. The highest BCUT2D eigenvalue weighted by atomic mass is 16.2. The molecule has 6 nitrogen and oxygen atoms in total. The number of hydrogen-bond donors (Lipinski definition) is 1. The topological polar surface area (TPSA) is 67.2 Å². The van der Waals surface area contributed by atoms with Crippen LogP contribution >= 0.6 is 0 Å². The third-order valence-corrected chi connectivity index (χ3v) is 5.36. The number of likely N-dealkylation sites (tertiary alicyclic amines) is 1. The molecule has 1 aliphatic rings. The molecule has 2 amide bonds. The van der Waals surface area contributed by atoms with Gasteiger partial charge in [-0.2, -0.15) is 5.10 Å². The van der Waals surface area contributed by atoms with E-state index in [2.05, 4.69) is 22.5 Å². The lowest BCUT2D eigenvalue weighted by Gasteiger charge is -2.25. The van der Waals surface area contributed by atoms with Crippen LogP contribution in [0, 0.1) is 0 Å². The summed E-state index contributed by atoms with van der Waals surface area (Å²) in [5.41, 5.74) is 3.65. The fourth-order valence-corrected chi connectivity index (χ4v) is 3.85. The highest BCUT2D eigenvalue weighted by molar-refractivity contribution is 5.96. The minimum Gasteiger partial charge on any atom is -0.358 e. The van der Waals surface area contributed by atoms with Crippen LogP contribution in [-0.4, -0.2) is 40.1 Å². The Bertz CT molecular complexity index is 1010. The lowest BCUT2D eigenvalue weighted by molar-refractivity contribution is -0.121. The van der Waals surface area contributed by atoms with Gasteiger partial charge < -0.3 is 10.2 Å². The summed E-state index contributed by atoms with van der Waals surface area (Å²) in [5, 5.41) is 6.83. The van der Waals surface area contributed by atoms with Gasteiger partial charge in [-0.15, -0.1) is 0 Å². The average molecular weight is 388 g/mol.